The minimum Gasteiger partial charge on any atom is -0.393 e. The Hall–Kier alpha value is -0.330. The predicted molar refractivity (Wildman–Crippen MR) is 79.9 cm³/mol. The highest BCUT2D eigenvalue weighted by Gasteiger charge is 2.23. The first-order valence-corrected chi connectivity index (χ1v) is 7.43. The number of carbonyl (C=O) groups excluding carboxylic acids is 1. The Balaban J connectivity index is 1.89. The quantitative estimate of drug-likeness (QED) is 0.794. The molecule has 0 heterocycles. The van der Waals surface area contributed by atoms with E-state index in [4.69, 9.17) is 11.6 Å². The molecule has 0 aliphatic heterocycles. The van der Waals surface area contributed by atoms with Crippen LogP contribution in [0.15, 0.2) is 18.2 Å². The summed E-state index contributed by atoms with van der Waals surface area (Å²) in [7, 11) is 0. The van der Waals surface area contributed by atoms with Crippen LogP contribution in [0.2, 0.25) is 5.02 Å². The molecule has 98 valence electrons. The number of amides is 1. The molecule has 1 aliphatic carbocycles. The molecular weight excluding hydrogens is 365 g/mol. The van der Waals surface area contributed by atoms with Gasteiger partial charge >= 0.3 is 0 Å². The summed E-state index contributed by atoms with van der Waals surface area (Å²) in [6.07, 6.45) is 2.41. The van der Waals surface area contributed by atoms with Crippen molar-refractivity contribution >= 4 is 40.1 Å². The van der Waals surface area contributed by atoms with Crippen LogP contribution in [0.3, 0.4) is 0 Å². The second kappa shape index (κ2) is 6.21. The van der Waals surface area contributed by atoms with Gasteiger partial charge < -0.3 is 10.4 Å². The summed E-state index contributed by atoms with van der Waals surface area (Å²) < 4.78 is 0.935. The predicted octanol–water partition coefficient (Wildman–Crippen LogP) is 2.84. The number of benzene rings is 1. The zero-order valence-corrected chi connectivity index (χ0v) is 12.7. The maximum absolute atomic E-state index is 11.9. The van der Waals surface area contributed by atoms with Crippen LogP contribution in [-0.4, -0.2) is 23.7 Å². The Morgan fingerprint density at radius 2 is 2.28 bits per heavy atom. The van der Waals surface area contributed by atoms with Gasteiger partial charge in [0.05, 0.1) is 11.1 Å². The SMILES string of the molecule is O=C(NCC1CCC(O)C1)c1ccc(I)c(Cl)c1. The van der Waals surface area contributed by atoms with Crippen molar-refractivity contribution in [2.45, 2.75) is 25.4 Å². The molecule has 0 aromatic heterocycles. The molecule has 0 bridgehead atoms. The van der Waals surface area contributed by atoms with Gasteiger partial charge in [-0.1, -0.05) is 11.6 Å². The number of halogens is 2. The zero-order chi connectivity index (χ0) is 13.1. The van der Waals surface area contributed by atoms with E-state index in [-0.39, 0.29) is 12.0 Å². The van der Waals surface area contributed by atoms with Crippen LogP contribution in [0.25, 0.3) is 0 Å². The summed E-state index contributed by atoms with van der Waals surface area (Å²) in [5.41, 5.74) is 0.582. The van der Waals surface area contributed by atoms with Gasteiger partial charge in [-0.2, -0.15) is 0 Å². The molecule has 0 spiro atoms. The molecule has 1 fully saturated rings. The van der Waals surface area contributed by atoms with Gasteiger partial charge in [0.1, 0.15) is 0 Å². The molecule has 2 unspecified atom stereocenters. The molecule has 1 saturated carbocycles. The monoisotopic (exact) mass is 379 g/mol. The first kappa shape index (κ1) is 14.1. The maximum Gasteiger partial charge on any atom is 0.251 e. The van der Waals surface area contributed by atoms with Crippen molar-refractivity contribution < 1.29 is 9.90 Å². The standard InChI is InChI=1S/C13H15ClINO2/c14-11-6-9(2-4-12(11)15)13(18)16-7-8-1-3-10(17)5-8/h2,4,6,8,10,17H,1,3,5,7H2,(H,16,18). The summed E-state index contributed by atoms with van der Waals surface area (Å²) in [6, 6.07) is 5.28. The van der Waals surface area contributed by atoms with Gasteiger partial charge in [0, 0.05) is 15.7 Å². The molecule has 1 aromatic rings. The maximum atomic E-state index is 11.9. The van der Waals surface area contributed by atoms with Crippen molar-refractivity contribution in [2.75, 3.05) is 6.54 Å². The van der Waals surface area contributed by atoms with E-state index in [1.807, 2.05) is 6.07 Å². The van der Waals surface area contributed by atoms with Gasteiger partial charge in [-0.25, -0.2) is 0 Å². The van der Waals surface area contributed by atoms with E-state index >= 15 is 0 Å². The molecule has 0 radical (unpaired) electrons. The second-order valence-corrected chi connectivity index (χ2v) is 6.24. The average molecular weight is 380 g/mol. The van der Waals surface area contributed by atoms with Crippen LogP contribution in [0.1, 0.15) is 29.6 Å². The Morgan fingerprint density at radius 3 is 2.89 bits per heavy atom. The molecule has 1 amide bonds. The second-order valence-electron chi connectivity index (χ2n) is 4.67. The molecule has 2 rings (SSSR count). The molecule has 2 atom stereocenters. The lowest BCUT2D eigenvalue weighted by Crippen LogP contribution is -2.28. The van der Waals surface area contributed by atoms with Gasteiger partial charge in [-0.15, -0.1) is 0 Å². The number of carbonyl (C=O) groups is 1. The number of nitrogens with one attached hydrogen (secondary N) is 1. The fourth-order valence-corrected chi connectivity index (χ4v) is 2.73. The topological polar surface area (TPSA) is 49.3 Å². The Kier molecular flexibility index (Phi) is 4.86. The summed E-state index contributed by atoms with van der Waals surface area (Å²) in [4.78, 5) is 11.9. The van der Waals surface area contributed by atoms with Gasteiger partial charge in [0.15, 0.2) is 0 Å². The molecule has 5 heteroatoms. The van der Waals surface area contributed by atoms with E-state index in [9.17, 15) is 9.90 Å². The first-order valence-electron chi connectivity index (χ1n) is 5.97. The van der Waals surface area contributed by atoms with Gasteiger partial charge in [-0.05, 0) is 66.0 Å². The van der Waals surface area contributed by atoms with Crippen molar-refractivity contribution in [3.8, 4) is 0 Å². The Morgan fingerprint density at radius 1 is 1.50 bits per heavy atom. The van der Waals surface area contributed by atoms with Gasteiger partial charge in [-0.3, -0.25) is 4.79 Å². The van der Waals surface area contributed by atoms with Crippen molar-refractivity contribution in [1.82, 2.24) is 5.32 Å². The fraction of sp³-hybridized carbons (Fsp3) is 0.462. The van der Waals surface area contributed by atoms with E-state index in [0.717, 1.165) is 22.8 Å². The average Bonchev–Trinajstić information content (AvgIpc) is 2.75. The van der Waals surface area contributed by atoms with E-state index in [1.165, 1.54) is 0 Å². The van der Waals surface area contributed by atoms with Crippen molar-refractivity contribution in [3.05, 3.63) is 32.4 Å². The minimum atomic E-state index is -0.195. The minimum absolute atomic E-state index is 0.102. The summed E-state index contributed by atoms with van der Waals surface area (Å²) in [5.74, 6) is 0.290. The third-order valence-electron chi connectivity index (χ3n) is 3.25. The molecule has 1 aromatic carbocycles. The fourth-order valence-electron chi connectivity index (χ4n) is 2.21. The molecule has 18 heavy (non-hydrogen) atoms. The van der Waals surface area contributed by atoms with Crippen molar-refractivity contribution in [1.29, 1.82) is 0 Å². The lowest BCUT2D eigenvalue weighted by molar-refractivity contribution is 0.0945. The van der Waals surface area contributed by atoms with Crippen LogP contribution in [-0.2, 0) is 0 Å². The van der Waals surface area contributed by atoms with Crippen LogP contribution in [0.4, 0.5) is 0 Å². The Labute approximate surface area is 125 Å². The zero-order valence-electron chi connectivity index (χ0n) is 9.83. The highest BCUT2D eigenvalue weighted by molar-refractivity contribution is 14.1. The van der Waals surface area contributed by atoms with Crippen LogP contribution >= 0.6 is 34.2 Å². The number of hydrogen-bond acceptors (Lipinski definition) is 2. The molecular formula is C13H15ClINO2. The normalized spacial score (nSPS) is 23.1. The molecule has 1 aliphatic rings. The van der Waals surface area contributed by atoms with Crippen molar-refractivity contribution in [3.63, 3.8) is 0 Å². The van der Waals surface area contributed by atoms with Crippen molar-refractivity contribution in [2.24, 2.45) is 5.92 Å². The van der Waals surface area contributed by atoms with E-state index in [0.29, 0.717) is 23.0 Å². The van der Waals surface area contributed by atoms with E-state index in [1.54, 1.807) is 12.1 Å². The number of hydrogen-bond donors (Lipinski definition) is 2. The molecule has 2 N–H and O–H groups in total. The first-order chi connectivity index (χ1) is 8.56. The third-order valence-corrected chi connectivity index (χ3v) is 4.82. The largest absolute Gasteiger partial charge is 0.393 e. The summed E-state index contributed by atoms with van der Waals surface area (Å²) in [5, 5.41) is 12.9. The van der Waals surface area contributed by atoms with Crippen LogP contribution < -0.4 is 5.32 Å². The molecule has 3 nitrogen and oxygen atoms in total. The van der Waals surface area contributed by atoms with E-state index < -0.39 is 0 Å². The number of aliphatic hydroxyl groups excluding tert-OH is 1. The number of aliphatic hydroxyl groups is 1. The van der Waals surface area contributed by atoms with Crippen LogP contribution in [0, 0.1) is 9.49 Å². The highest BCUT2D eigenvalue weighted by atomic mass is 127. The van der Waals surface area contributed by atoms with Gasteiger partial charge in [0.25, 0.3) is 5.91 Å². The molecule has 0 saturated heterocycles. The smallest absolute Gasteiger partial charge is 0.251 e. The summed E-state index contributed by atoms with van der Waals surface area (Å²) in [6.45, 7) is 0.625. The lowest BCUT2D eigenvalue weighted by Gasteiger charge is -2.11. The van der Waals surface area contributed by atoms with E-state index in [2.05, 4.69) is 27.9 Å². The summed E-state index contributed by atoms with van der Waals surface area (Å²) >= 11 is 8.11. The Bertz CT molecular complexity index is 453. The van der Waals surface area contributed by atoms with Gasteiger partial charge in [0.2, 0.25) is 0 Å². The lowest BCUT2D eigenvalue weighted by atomic mass is 10.1. The third kappa shape index (κ3) is 3.59. The highest BCUT2D eigenvalue weighted by Crippen LogP contribution is 2.24. The number of rotatable bonds is 3. The van der Waals surface area contributed by atoms with Crippen LogP contribution in [0.5, 0.6) is 0 Å².